The molecule has 0 unspecified atom stereocenters. The summed E-state index contributed by atoms with van der Waals surface area (Å²) in [6, 6.07) is 7.02. The predicted molar refractivity (Wildman–Crippen MR) is 86.6 cm³/mol. The van der Waals surface area contributed by atoms with Crippen molar-refractivity contribution in [1.29, 1.82) is 0 Å². The van der Waals surface area contributed by atoms with E-state index in [4.69, 9.17) is 13.6 Å². The first-order valence-corrected chi connectivity index (χ1v) is 7.49. The van der Waals surface area contributed by atoms with Gasteiger partial charge in [0.05, 0.1) is 12.8 Å². The van der Waals surface area contributed by atoms with Crippen LogP contribution in [0.3, 0.4) is 0 Å². The number of amides is 1. The molecule has 0 aliphatic rings. The molecule has 0 spiro atoms. The number of hydrogen-bond acceptors (Lipinski definition) is 5. The number of carbonyl (C=O) groups excluding carboxylic acids is 2. The Morgan fingerprint density at radius 3 is 2.82 bits per heavy atom. The van der Waals surface area contributed by atoms with Crippen LogP contribution < -0.4 is 0 Å². The van der Waals surface area contributed by atoms with E-state index in [0.717, 1.165) is 3.77 Å². The van der Waals surface area contributed by atoms with Gasteiger partial charge in [-0.2, -0.15) is 0 Å². The average molecular weight is 415 g/mol. The summed E-state index contributed by atoms with van der Waals surface area (Å²) < 4.78 is 16.0. The van der Waals surface area contributed by atoms with Crippen molar-refractivity contribution >= 4 is 40.5 Å². The lowest BCUT2D eigenvalue weighted by molar-refractivity contribution is -0.147. The molecule has 0 aliphatic heterocycles. The summed E-state index contributed by atoms with van der Waals surface area (Å²) >= 11 is 2.02. The van der Waals surface area contributed by atoms with Gasteiger partial charge in [-0.1, -0.05) is 0 Å². The van der Waals surface area contributed by atoms with E-state index in [1.54, 1.807) is 31.3 Å². The molecule has 0 fully saturated rings. The number of likely N-dealkylation sites (N-methyl/N-ethyl adjacent to an activating group) is 1. The smallest absolute Gasteiger partial charge is 0.331 e. The van der Waals surface area contributed by atoms with Crippen LogP contribution in [0.25, 0.3) is 6.08 Å². The fourth-order valence-electron chi connectivity index (χ4n) is 1.58. The first-order valence-electron chi connectivity index (χ1n) is 6.41. The van der Waals surface area contributed by atoms with Crippen molar-refractivity contribution in [2.24, 2.45) is 0 Å². The predicted octanol–water partition coefficient (Wildman–Crippen LogP) is 2.69. The van der Waals surface area contributed by atoms with E-state index in [-0.39, 0.29) is 12.5 Å². The summed E-state index contributed by atoms with van der Waals surface area (Å²) in [6.45, 7) is 0.000125. The molecule has 0 atom stereocenters. The summed E-state index contributed by atoms with van der Waals surface area (Å²) in [5.74, 6) is 0.286. The van der Waals surface area contributed by atoms with E-state index >= 15 is 0 Å². The minimum absolute atomic E-state index is 0.314. The Bertz CT molecular complexity index is 659. The zero-order valence-corrected chi connectivity index (χ0v) is 14.0. The van der Waals surface area contributed by atoms with Gasteiger partial charge in [0.1, 0.15) is 11.5 Å². The lowest BCUT2D eigenvalue weighted by Gasteiger charge is -2.15. The van der Waals surface area contributed by atoms with Crippen LogP contribution in [0.4, 0.5) is 0 Å². The quantitative estimate of drug-likeness (QED) is 0.412. The fraction of sp³-hybridized carbons (Fsp3) is 0.200. The van der Waals surface area contributed by atoms with Crippen molar-refractivity contribution in [3.8, 4) is 0 Å². The summed E-state index contributed by atoms with van der Waals surface area (Å²) in [7, 11) is 1.61. The van der Waals surface area contributed by atoms with Gasteiger partial charge in [-0.3, -0.25) is 4.79 Å². The Labute approximate surface area is 140 Å². The topological polar surface area (TPSA) is 72.9 Å². The van der Waals surface area contributed by atoms with Crippen LogP contribution in [0.1, 0.15) is 11.5 Å². The largest absolute Gasteiger partial charge is 0.467 e. The molecule has 7 heteroatoms. The van der Waals surface area contributed by atoms with E-state index in [1.165, 1.54) is 23.3 Å². The molecular formula is C15H14INO5. The first-order chi connectivity index (χ1) is 10.5. The lowest BCUT2D eigenvalue weighted by Crippen LogP contribution is -2.30. The van der Waals surface area contributed by atoms with E-state index in [2.05, 4.69) is 0 Å². The maximum absolute atomic E-state index is 11.8. The number of carbonyl (C=O) groups is 2. The Hall–Kier alpha value is -2.03. The minimum Gasteiger partial charge on any atom is -0.467 e. The molecule has 2 heterocycles. The van der Waals surface area contributed by atoms with Gasteiger partial charge in [0.25, 0.3) is 5.91 Å². The third kappa shape index (κ3) is 5.06. The number of halogens is 1. The third-order valence-electron chi connectivity index (χ3n) is 2.71. The van der Waals surface area contributed by atoms with E-state index in [1.807, 2.05) is 22.6 Å². The van der Waals surface area contributed by atoms with Gasteiger partial charge in [-0.15, -0.1) is 0 Å². The molecule has 0 aromatic carbocycles. The third-order valence-corrected chi connectivity index (χ3v) is 3.29. The van der Waals surface area contributed by atoms with Crippen molar-refractivity contribution in [3.63, 3.8) is 0 Å². The molecule has 22 heavy (non-hydrogen) atoms. The minimum atomic E-state index is -0.605. The van der Waals surface area contributed by atoms with Crippen LogP contribution in [0.2, 0.25) is 0 Å². The SMILES string of the molecule is CN(Cc1ccco1)C(=O)COC(=O)/C=C/c1ccc(I)o1. The van der Waals surface area contributed by atoms with Crippen LogP contribution in [-0.4, -0.2) is 30.4 Å². The fourth-order valence-corrected chi connectivity index (χ4v) is 2.02. The molecule has 116 valence electrons. The Morgan fingerprint density at radius 1 is 1.36 bits per heavy atom. The van der Waals surface area contributed by atoms with Gasteiger partial charge in [0.15, 0.2) is 10.4 Å². The molecule has 2 aromatic heterocycles. The lowest BCUT2D eigenvalue weighted by atomic mass is 10.4. The molecular weight excluding hydrogens is 401 g/mol. The number of hydrogen-bond donors (Lipinski definition) is 0. The molecule has 0 saturated heterocycles. The van der Waals surface area contributed by atoms with Gasteiger partial charge in [-0.25, -0.2) is 4.79 Å². The second-order valence-corrected chi connectivity index (χ2v) is 5.48. The van der Waals surface area contributed by atoms with Crippen LogP contribution in [0.5, 0.6) is 0 Å². The number of esters is 1. The van der Waals surface area contributed by atoms with Crippen molar-refractivity contribution < 1.29 is 23.2 Å². The molecule has 1 amide bonds. The summed E-state index contributed by atoms with van der Waals surface area (Å²) in [5, 5.41) is 0. The molecule has 2 aromatic rings. The van der Waals surface area contributed by atoms with Crippen LogP contribution in [0, 0.1) is 3.77 Å². The summed E-state index contributed by atoms with van der Waals surface area (Å²) in [4.78, 5) is 24.8. The monoisotopic (exact) mass is 415 g/mol. The van der Waals surface area contributed by atoms with Crippen molar-refractivity contribution in [2.75, 3.05) is 13.7 Å². The highest BCUT2D eigenvalue weighted by Crippen LogP contribution is 2.11. The highest BCUT2D eigenvalue weighted by Gasteiger charge is 2.12. The van der Waals surface area contributed by atoms with Crippen molar-refractivity contribution in [1.82, 2.24) is 4.90 Å². The summed E-state index contributed by atoms with van der Waals surface area (Å²) in [5.41, 5.74) is 0. The second kappa shape index (κ2) is 7.83. The van der Waals surface area contributed by atoms with Gasteiger partial charge >= 0.3 is 5.97 Å². The number of nitrogens with zero attached hydrogens (tertiary/aromatic N) is 1. The normalized spacial score (nSPS) is 10.8. The molecule has 0 saturated carbocycles. The van der Waals surface area contributed by atoms with E-state index < -0.39 is 5.97 Å². The van der Waals surface area contributed by atoms with E-state index in [0.29, 0.717) is 18.1 Å². The van der Waals surface area contributed by atoms with Crippen LogP contribution in [-0.2, 0) is 20.9 Å². The van der Waals surface area contributed by atoms with Crippen LogP contribution in [0.15, 0.2) is 45.4 Å². The molecule has 0 N–H and O–H groups in total. The Balaban J connectivity index is 1.75. The molecule has 0 bridgehead atoms. The summed E-state index contributed by atoms with van der Waals surface area (Å²) in [6.07, 6.45) is 4.24. The highest BCUT2D eigenvalue weighted by atomic mass is 127. The number of furan rings is 2. The Morgan fingerprint density at radius 2 is 2.18 bits per heavy atom. The van der Waals surface area contributed by atoms with E-state index in [9.17, 15) is 9.59 Å². The van der Waals surface area contributed by atoms with Gasteiger partial charge < -0.3 is 18.5 Å². The van der Waals surface area contributed by atoms with Gasteiger partial charge in [0.2, 0.25) is 0 Å². The van der Waals surface area contributed by atoms with Crippen molar-refractivity contribution in [2.45, 2.75) is 6.54 Å². The Kier molecular flexibility index (Phi) is 5.82. The molecule has 0 radical (unpaired) electrons. The van der Waals surface area contributed by atoms with Gasteiger partial charge in [0, 0.05) is 13.1 Å². The zero-order valence-electron chi connectivity index (χ0n) is 11.8. The molecule has 2 rings (SSSR count). The van der Waals surface area contributed by atoms with Gasteiger partial charge in [-0.05, 0) is 52.9 Å². The maximum atomic E-state index is 11.8. The van der Waals surface area contributed by atoms with Crippen molar-refractivity contribution in [3.05, 3.63) is 51.9 Å². The molecule has 6 nitrogen and oxygen atoms in total. The highest BCUT2D eigenvalue weighted by molar-refractivity contribution is 14.1. The zero-order chi connectivity index (χ0) is 15.9. The average Bonchev–Trinajstić information content (AvgIpc) is 3.14. The first kappa shape index (κ1) is 16.3. The number of rotatable bonds is 6. The molecule has 0 aliphatic carbocycles. The second-order valence-electron chi connectivity index (χ2n) is 4.41. The standard InChI is InChI=1S/C15H14INO5/c1-17(9-12-3-2-8-20-12)14(18)10-21-15(19)7-5-11-4-6-13(16)22-11/h2-8H,9-10H2,1H3/b7-5+. The number of ether oxygens (including phenoxy) is 1. The maximum Gasteiger partial charge on any atom is 0.331 e. The van der Waals surface area contributed by atoms with Crippen LogP contribution >= 0.6 is 22.6 Å².